The van der Waals surface area contributed by atoms with E-state index in [-0.39, 0.29) is 11.5 Å². The van der Waals surface area contributed by atoms with Gasteiger partial charge in [-0.15, -0.1) is 0 Å². The minimum Gasteiger partial charge on any atom is -0.492 e. The van der Waals surface area contributed by atoms with Gasteiger partial charge in [0.2, 0.25) is 0 Å². The molecule has 0 atom stereocenters. The van der Waals surface area contributed by atoms with E-state index < -0.39 is 0 Å². The van der Waals surface area contributed by atoms with Crippen LogP contribution in [-0.2, 0) is 17.7 Å². The number of likely N-dealkylation sites (tertiary alicyclic amines) is 1. The summed E-state index contributed by atoms with van der Waals surface area (Å²) in [6.07, 6.45) is 6.18. The van der Waals surface area contributed by atoms with Gasteiger partial charge in [0.1, 0.15) is 11.3 Å². The van der Waals surface area contributed by atoms with Crippen molar-refractivity contribution in [1.82, 2.24) is 9.47 Å². The molecule has 0 N–H and O–H groups in total. The van der Waals surface area contributed by atoms with Crippen molar-refractivity contribution in [1.29, 1.82) is 0 Å². The van der Waals surface area contributed by atoms with Crippen molar-refractivity contribution in [3.05, 3.63) is 27.7 Å². The summed E-state index contributed by atoms with van der Waals surface area (Å²) in [6, 6.07) is 1.51. The summed E-state index contributed by atoms with van der Waals surface area (Å²) in [5, 5.41) is 0. The van der Waals surface area contributed by atoms with Gasteiger partial charge in [0.05, 0.1) is 19.8 Å². The Balaban J connectivity index is 1.73. The van der Waals surface area contributed by atoms with Crippen molar-refractivity contribution in [3.63, 3.8) is 0 Å². The molecule has 3 aliphatic rings. The van der Waals surface area contributed by atoms with Gasteiger partial charge >= 0.3 is 0 Å². The fourth-order valence-corrected chi connectivity index (χ4v) is 3.69. The molecule has 1 aromatic heterocycles. The lowest BCUT2D eigenvalue weighted by atomic mass is 10.0. The first-order valence-corrected chi connectivity index (χ1v) is 9.50. The molecule has 25 heavy (non-hydrogen) atoms. The number of fused-ring (bicyclic) bond motifs is 1. The summed E-state index contributed by atoms with van der Waals surface area (Å²) >= 11 is 0. The van der Waals surface area contributed by atoms with E-state index in [0.29, 0.717) is 50.0 Å². The van der Waals surface area contributed by atoms with Gasteiger partial charge in [0.15, 0.2) is 0 Å². The highest BCUT2D eigenvalue weighted by molar-refractivity contribution is 5.98. The molecule has 1 amide bonds. The highest BCUT2D eigenvalue weighted by Crippen LogP contribution is 2.31. The number of piperidine rings is 1. The number of nitrogens with zero attached hydrogens (tertiary/aromatic N) is 2. The minimum absolute atomic E-state index is 0.0103. The van der Waals surface area contributed by atoms with Crippen molar-refractivity contribution < 1.29 is 14.3 Å². The molecule has 4 rings (SSSR count). The number of amides is 1. The van der Waals surface area contributed by atoms with E-state index in [1.807, 2.05) is 4.90 Å². The van der Waals surface area contributed by atoms with Gasteiger partial charge in [-0.25, -0.2) is 0 Å². The quantitative estimate of drug-likeness (QED) is 0.835. The van der Waals surface area contributed by atoms with E-state index in [1.54, 1.807) is 4.57 Å². The molecule has 1 saturated carbocycles. The van der Waals surface area contributed by atoms with Crippen molar-refractivity contribution in [2.45, 2.75) is 45.1 Å². The van der Waals surface area contributed by atoms with E-state index >= 15 is 0 Å². The summed E-state index contributed by atoms with van der Waals surface area (Å²) in [5.74, 6) is 1.06. The number of pyridine rings is 1. The number of carbonyl (C=O) groups is 1. The molecule has 0 bridgehead atoms. The largest absolute Gasteiger partial charge is 0.492 e. The fourth-order valence-electron chi connectivity index (χ4n) is 3.69. The zero-order chi connectivity index (χ0) is 17.2. The minimum atomic E-state index is -0.0958. The molecule has 136 valence electrons. The van der Waals surface area contributed by atoms with Crippen LogP contribution < -0.4 is 10.3 Å². The van der Waals surface area contributed by atoms with Crippen LogP contribution in [0.4, 0.5) is 0 Å². The highest BCUT2D eigenvalue weighted by atomic mass is 16.5. The first kappa shape index (κ1) is 16.6. The van der Waals surface area contributed by atoms with E-state index in [4.69, 9.17) is 9.47 Å². The highest BCUT2D eigenvalue weighted by Gasteiger charge is 2.29. The lowest BCUT2D eigenvalue weighted by Crippen LogP contribution is -2.38. The first-order valence-electron chi connectivity index (χ1n) is 9.50. The fraction of sp³-hybridized carbons (Fsp3) is 0.684. The number of hydrogen-bond donors (Lipinski definition) is 0. The van der Waals surface area contributed by atoms with E-state index in [9.17, 15) is 9.59 Å². The number of rotatable bonds is 4. The topological polar surface area (TPSA) is 60.8 Å². The predicted molar refractivity (Wildman–Crippen MR) is 93.2 cm³/mol. The molecule has 0 radical (unpaired) electrons. The molecule has 3 heterocycles. The maximum Gasteiger partial charge on any atom is 0.259 e. The number of hydrogen-bond acceptors (Lipinski definition) is 4. The van der Waals surface area contributed by atoms with E-state index in [1.165, 1.54) is 25.3 Å². The molecule has 1 saturated heterocycles. The Morgan fingerprint density at radius 3 is 2.72 bits per heavy atom. The summed E-state index contributed by atoms with van der Waals surface area (Å²) < 4.78 is 13.2. The van der Waals surface area contributed by atoms with Gasteiger partial charge in [-0.3, -0.25) is 9.59 Å². The predicted octanol–water partition coefficient (Wildman–Crippen LogP) is 1.84. The van der Waals surface area contributed by atoms with Crippen molar-refractivity contribution in [3.8, 4) is 5.75 Å². The Kier molecular flexibility index (Phi) is 4.79. The molecule has 2 fully saturated rings. The Hall–Kier alpha value is -1.82. The second-order valence-corrected chi connectivity index (χ2v) is 7.29. The van der Waals surface area contributed by atoms with Gasteiger partial charge in [0, 0.05) is 37.8 Å². The second-order valence-electron chi connectivity index (χ2n) is 7.29. The number of ether oxygens (including phenoxy) is 2. The summed E-state index contributed by atoms with van der Waals surface area (Å²) in [5.41, 5.74) is 1.28. The monoisotopic (exact) mass is 346 g/mol. The summed E-state index contributed by atoms with van der Waals surface area (Å²) in [4.78, 5) is 27.7. The molecule has 6 nitrogen and oxygen atoms in total. The Bertz CT molecular complexity index is 702. The third-order valence-electron chi connectivity index (χ3n) is 5.35. The lowest BCUT2D eigenvalue weighted by molar-refractivity contribution is 0.0717. The zero-order valence-electron chi connectivity index (χ0n) is 14.7. The van der Waals surface area contributed by atoms with Crippen molar-refractivity contribution >= 4 is 5.91 Å². The second kappa shape index (κ2) is 7.20. The lowest BCUT2D eigenvalue weighted by Gasteiger charge is -2.29. The molecule has 0 unspecified atom stereocenters. The molecular formula is C19H26N2O4. The zero-order valence-corrected chi connectivity index (χ0v) is 14.7. The smallest absolute Gasteiger partial charge is 0.259 e. The van der Waals surface area contributed by atoms with Gasteiger partial charge < -0.3 is 18.9 Å². The average molecular weight is 346 g/mol. The SMILES string of the molecule is O=C(c1c(OCC2CC2)cc(=O)n2c1CCOCC2)N1CCCCC1. The maximum absolute atomic E-state index is 13.3. The van der Waals surface area contributed by atoms with Crippen LogP contribution in [0.1, 0.15) is 48.2 Å². The van der Waals surface area contributed by atoms with Crippen LogP contribution in [-0.4, -0.2) is 48.3 Å². The maximum atomic E-state index is 13.3. The molecule has 2 aliphatic heterocycles. The van der Waals surface area contributed by atoms with Crippen LogP contribution >= 0.6 is 0 Å². The van der Waals surface area contributed by atoms with Crippen LogP contribution in [0.25, 0.3) is 0 Å². The van der Waals surface area contributed by atoms with Gasteiger partial charge in [-0.1, -0.05) is 0 Å². The number of aromatic nitrogens is 1. The third-order valence-corrected chi connectivity index (χ3v) is 5.35. The Morgan fingerprint density at radius 2 is 1.96 bits per heavy atom. The molecule has 1 aromatic rings. The molecule has 6 heteroatoms. The van der Waals surface area contributed by atoms with E-state index in [0.717, 1.165) is 31.6 Å². The van der Waals surface area contributed by atoms with Crippen LogP contribution in [0.15, 0.2) is 10.9 Å². The van der Waals surface area contributed by atoms with Crippen LogP contribution in [0.2, 0.25) is 0 Å². The van der Waals surface area contributed by atoms with Crippen LogP contribution in [0.3, 0.4) is 0 Å². The molecule has 0 aromatic carbocycles. The van der Waals surface area contributed by atoms with Gasteiger partial charge in [-0.05, 0) is 38.0 Å². The molecule has 1 aliphatic carbocycles. The first-order chi connectivity index (χ1) is 12.2. The summed E-state index contributed by atoms with van der Waals surface area (Å²) in [7, 11) is 0. The van der Waals surface area contributed by atoms with Crippen molar-refractivity contribution in [2.24, 2.45) is 5.92 Å². The third kappa shape index (κ3) is 3.59. The normalized spacial score (nSPS) is 20.7. The van der Waals surface area contributed by atoms with Crippen LogP contribution in [0.5, 0.6) is 5.75 Å². The van der Waals surface area contributed by atoms with E-state index in [2.05, 4.69) is 0 Å². The Labute approximate surface area is 147 Å². The molecular weight excluding hydrogens is 320 g/mol. The average Bonchev–Trinajstić information content (AvgIpc) is 3.47. The standard InChI is InChI=1S/C19H26N2O4/c22-17-12-16(25-13-14-4-5-14)18(15-6-10-24-11-9-21(15)17)19(23)20-7-2-1-3-8-20/h12,14H,1-11,13H2. The number of carbonyl (C=O) groups excluding carboxylic acids is 1. The van der Waals surface area contributed by atoms with Gasteiger partial charge in [-0.2, -0.15) is 0 Å². The van der Waals surface area contributed by atoms with Gasteiger partial charge in [0.25, 0.3) is 11.5 Å². The molecule has 0 spiro atoms. The van der Waals surface area contributed by atoms with Crippen LogP contribution in [0, 0.1) is 5.92 Å². The Morgan fingerprint density at radius 1 is 1.16 bits per heavy atom. The van der Waals surface area contributed by atoms with Crippen molar-refractivity contribution in [2.75, 3.05) is 32.9 Å². The summed E-state index contributed by atoms with van der Waals surface area (Å²) in [6.45, 7) is 3.71.